The molecule has 1 aliphatic heterocycles. The molecule has 0 aliphatic carbocycles. The average molecular weight is 253 g/mol. The maximum absolute atomic E-state index is 12.3. The molecule has 0 aromatic carbocycles. The number of hydrogen-bond donors (Lipinski definition) is 2. The number of carbonyl (C=O) groups is 1. The average Bonchev–Trinajstić information content (AvgIpc) is 2.87. The molecular weight excluding hydrogens is 234 g/mol. The van der Waals surface area contributed by atoms with Crippen LogP contribution >= 0.6 is 11.3 Å². The van der Waals surface area contributed by atoms with Crippen molar-refractivity contribution in [2.45, 2.75) is 44.7 Å². The van der Waals surface area contributed by atoms with E-state index in [0.717, 1.165) is 24.4 Å². The molecule has 2 heterocycles. The molecule has 0 radical (unpaired) electrons. The minimum atomic E-state index is -0.422. The minimum Gasteiger partial charge on any atom is -0.343 e. The molecule has 94 valence electrons. The zero-order chi connectivity index (χ0) is 12.5. The van der Waals surface area contributed by atoms with Crippen molar-refractivity contribution in [1.29, 1.82) is 0 Å². The summed E-state index contributed by atoms with van der Waals surface area (Å²) in [4.78, 5) is 16.6. The predicted molar refractivity (Wildman–Crippen MR) is 68.9 cm³/mol. The minimum absolute atomic E-state index is 0.0650. The van der Waals surface area contributed by atoms with E-state index in [-0.39, 0.29) is 5.91 Å². The number of rotatable bonds is 3. The van der Waals surface area contributed by atoms with Gasteiger partial charge in [0.2, 0.25) is 5.91 Å². The van der Waals surface area contributed by atoms with Gasteiger partial charge in [-0.25, -0.2) is 4.98 Å². The smallest absolute Gasteiger partial charge is 0.240 e. The van der Waals surface area contributed by atoms with Crippen LogP contribution in [0.5, 0.6) is 0 Å². The van der Waals surface area contributed by atoms with Crippen LogP contribution in [0, 0.1) is 0 Å². The van der Waals surface area contributed by atoms with Crippen molar-refractivity contribution in [3.63, 3.8) is 0 Å². The third-order valence-electron chi connectivity index (χ3n) is 3.26. The van der Waals surface area contributed by atoms with Crippen LogP contribution in [-0.2, 0) is 10.3 Å². The van der Waals surface area contributed by atoms with E-state index < -0.39 is 11.1 Å². The van der Waals surface area contributed by atoms with Gasteiger partial charge in [0.05, 0.1) is 11.1 Å². The Hall–Kier alpha value is -0.940. The standard InChI is InChI=1S/C12H19N3OS/c1-11(2,10-13-7-8-17-10)15-9(16)12(3)5-4-6-14-12/h7-8,14H,4-6H2,1-3H3,(H,15,16). The van der Waals surface area contributed by atoms with Gasteiger partial charge in [0, 0.05) is 11.6 Å². The second kappa shape index (κ2) is 4.38. The first-order valence-corrected chi connectivity index (χ1v) is 6.80. The molecule has 1 saturated heterocycles. The van der Waals surface area contributed by atoms with E-state index in [0.29, 0.717) is 0 Å². The van der Waals surface area contributed by atoms with Gasteiger partial charge in [0.15, 0.2) is 0 Å². The highest BCUT2D eigenvalue weighted by atomic mass is 32.1. The number of thiazole rings is 1. The molecule has 1 aromatic rings. The van der Waals surface area contributed by atoms with Gasteiger partial charge in [-0.1, -0.05) is 0 Å². The number of nitrogens with one attached hydrogen (secondary N) is 2. The highest BCUT2D eigenvalue weighted by Crippen LogP contribution is 2.25. The normalized spacial score (nSPS) is 24.9. The van der Waals surface area contributed by atoms with Crippen LogP contribution in [0.3, 0.4) is 0 Å². The number of nitrogens with zero attached hydrogens (tertiary/aromatic N) is 1. The van der Waals surface area contributed by atoms with Crippen molar-refractivity contribution in [3.05, 3.63) is 16.6 Å². The fraction of sp³-hybridized carbons (Fsp3) is 0.667. The molecule has 0 saturated carbocycles. The summed E-state index contributed by atoms with van der Waals surface area (Å²) in [6, 6.07) is 0. The summed E-state index contributed by atoms with van der Waals surface area (Å²) in [5.41, 5.74) is -0.826. The molecule has 1 aromatic heterocycles. The summed E-state index contributed by atoms with van der Waals surface area (Å²) in [6.45, 7) is 6.86. The first kappa shape index (κ1) is 12.5. The molecule has 1 unspecified atom stereocenters. The number of aromatic nitrogens is 1. The Morgan fingerprint density at radius 2 is 2.41 bits per heavy atom. The fourth-order valence-electron chi connectivity index (χ4n) is 2.10. The Kier molecular flexibility index (Phi) is 3.23. The van der Waals surface area contributed by atoms with Crippen LogP contribution in [-0.4, -0.2) is 23.0 Å². The van der Waals surface area contributed by atoms with Gasteiger partial charge >= 0.3 is 0 Å². The molecule has 1 amide bonds. The van der Waals surface area contributed by atoms with E-state index in [1.54, 1.807) is 17.5 Å². The molecule has 1 aliphatic rings. The van der Waals surface area contributed by atoms with Crippen molar-refractivity contribution in [2.24, 2.45) is 0 Å². The summed E-state index contributed by atoms with van der Waals surface area (Å²) in [6.07, 6.45) is 3.72. The highest BCUT2D eigenvalue weighted by molar-refractivity contribution is 7.09. The molecule has 17 heavy (non-hydrogen) atoms. The first-order valence-electron chi connectivity index (χ1n) is 5.92. The molecule has 2 rings (SSSR count). The second-order valence-corrected chi connectivity index (χ2v) is 6.17. The zero-order valence-corrected chi connectivity index (χ0v) is 11.4. The third-order valence-corrected chi connectivity index (χ3v) is 4.36. The lowest BCUT2D eigenvalue weighted by Crippen LogP contribution is -2.55. The number of hydrogen-bond acceptors (Lipinski definition) is 4. The molecule has 5 heteroatoms. The van der Waals surface area contributed by atoms with Crippen LogP contribution in [0.25, 0.3) is 0 Å². The summed E-state index contributed by atoms with van der Waals surface area (Å²) < 4.78 is 0. The molecule has 4 nitrogen and oxygen atoms in total. The van der Waals surface area contributed by atoms with Gasteiger partial charge in [-0.05, 0) is 40.2 Å². The summed E-state index contributed by atoms with van der Waals surface area (Å²) in [7, 11) is 0. The molecule has 0 spiro atoms. The van der Waals surface area contributed by atoms with E-state index in [2.05, 4.69) is 15.6 Å². The lowest BCUT2D eigenvalue weighted by atomic mass is 9.96. The Bertz CT molecular complexity index is 394. The Labute approximate surface area is 106 Å². The summed E-state index contributed by atoms with van der Waals surface area (Å²) in [5, 5.41) is 9.23. The highest BCUT2D eigenvalue weighted by Gasteiger charge is 2.39. The predicted octanol–water partition coefficient (Wildman–Crippen LogP) is 1.64. The quantitative estimate of drug-likeness (QED) is 0.861. The maximum atomic E-state index is 12.3. The van der Waals surface area contributed by atoms with E-state index in [9.17, 15) is 4.79 Å². The van der Waals surface area contributed by atoms with Gasteiger partial charge in [0.1, 0.15) is 5.01 Å². The Morgan fingerprint density at radius 1 is 1.65 bits per heavy atom. The van der Waals surface area contributed by atoms with Crippen LogP contribution in [0.2, 0.25) is 0 Å². The van der Waals surface area contributed by atoms with Crippen LogP contribution in [0.15, 0.2) is 11.6 Å². The Morgan fingerprint density at radius 3 is 2.94 bits per heavy atom. The monoisotopic (exact) mass is 253 g/mol. The van der Waals surface area contributed by atoms with Gasteiger partial charge in [-0.3, -0.25) is 4.79 Å². The van der Waals surface area contributed by atoms with Crippen LogP contribution in [0.4, 0.5) is 0 Å². The summed E-state index contributed by atoms with van der Waals surface area (Å²) >= 11 is 1.57. The molecule has 1 fully saturated rings. The van der Waals surface area contributed by atoms with Crippen molar-refractivity contribution in [3.8, 4) is 0 Å². The largest absolute Gasteiger partial charge is 0.343 e. The Balaban J connectivity index is 2.08. The number of carbonyl (C=O) groups excluding carboxylic acids is 1. The topological polar surface area (TPSA) is 54.0 Å². The van der Waals surface area contributed by atoms with E-state index >= 15 is 0 Å². The molecule has 1 atom stereocenters. The zero-order valence-electron chi connectivity index (χ0n) is 10.5. The van der Waals surface area contributed by atoms with Crippen LogP contribution in [0.1, 0.15) is 38.6 Å². The van der Waals surface area contributed by atoms with Gasteiger partial charge in [-0.15, -0.1) is 11.3 Å². The van der Waals surface area contributed by atoms with Crippen molar-refractivity contribution in [1.82, 2.24) is 15.6 Å². The molecule has 0 bridgehead atoms. The van der Waals surface area contributed by atoms with Crippen molar-refractivity contribution >= 4 is 17.2 Å². The van der Waals surface area contributed by atoms with Crippen LogP contribution < -0.4 is 10.6 Å². The van der Waals surface area contributed by atoms with Crippen molar-refractivity contribution in [2.75, 3.05) is 6.54 Å². The molecule has 2 N–H and O–H groups in total. The lowest BCUT2D eigenvalue weighted by Gasteiger charge is -2.30. The van der Waals surface area contributed by atoms with Crippen molar-refractivity contribution < 1.29 is 4.79 Å². The fourth-order valence-corrected chi connectivity index (χ4v) is 2.81. The first-order chi connectivity index (χ1) is 7.94. The SMILES string of the molecule is CC1(C(=O)NC(C)(C)c2nccs2)CCCN1. The maximum Gasteiger partial charge on any atom is 0.240 e. The molecular formula is C12H19N3OS. The van der Waals surface area contributed by atoms with E-state index in [1.807, 2.05) is 26.2 Å². The van der Waals surface area contributed by atoms with Gasteiger partial charge in [0.25, 0.3) is 0 Å². The summed E-state index contributed by atoms with van der Waals surface area (Å²) in [5.74, 6) is 0.0650. The number of amides is 1. The third kappa shape index (κ3) is 2.50. The van der Waals surface area contributed by atoms with E-state index in [1.165, 1.54) is 0 Å². The van der Waals surface area contributed by atoms with E-state index in [4.69, 9.17) is 0 Å². The van der Waals surface area contributed by atoms with Gasteiger partial charge in [-0.2, -0.15) is 0 Å². The van der Waals surface area contributed by atoms with Gasteiger partial charge < -0.3 is 10.6 Å². The lowest BCUT2D eigenvalue weighted by molar-refractivity contribution is -0.128. The second-order valence-electron chi connectivity index (χ2n) is 5.28.